The quantitative estimate of drug-likeness (QED) is 0.878. The van der Waals surface area contributed by atoms with E-state index in [2.05, 4.69) is 5.32 Å². The largest absolute Gasteiger partial charge is 0.454 e. The summed E-state index contributed by atoms with van der Waals surface area (Å²) in [5.41, 5.74) is 7.83. The summed E-state index contributed by atoms with van der Waals surface area (Å²) in [5, 5.41) is 3.30. The van der Waals surface area contributed by atoms with Gasteiger partial charge in [-0.1, -0.05) is 30.3 Å². The number of primary amides is 1. The van der Waals surface area contributed by atoms with Gasteiger partial charge in [0.25, 0.3) is 0 Å². The normalized spacial score (nSPS) is 12.4. The third kappa shape index (κ3) is 2.83. The van der Waals surface area contributed by atoms with Crippen molar-refractivity contribution in [2.24, 2.45) is 5.73 Å². The van der Waals surface area contributed by atoms with Gasteiger partial charge in [0, 0.05) is 24.2 Å². The molecule has 3 rings (SSSR count). The molecular weight excluding hydrogens is 268 g/mol. The Balaban J connectivity index is 1.68. The van der Waals surface area contributed by atoms with Crippen LogP contribution >= 0.6 is 0 Å². The number of carbonyl (C=O) groups excluding carboxylic acids is 1. The number of nitrogens with two attached hydrogens (primary N) is 1. The van der Waals surface area contributed by atoms with E-state index in [-0.39, 0.29) is 6.79 Å². The maximum atomic E-state index is 11.4. The number of carbonyl (C=O) groups is 1. The fourth-order valence-corrected chi connectivity index (χ4v) is 2.38. The molecule has 2 aromatic rings. The monoisotopic (exact) mass is 284 g/mol. The Bertz CT molecular complexity index is 670. The molecule has 1 heterocycles. The minimum absolute atomic E-state index is 0.261. The predicted molar refractivity (Wildman–Crippen MR) is 78.1 cm³/mol. The van der Waals surface area contributed by atoms with Crippen molar-refractivity contribution >= 4 is 5.91 Å². The van der Waals surface area contributed by atoms with Crippen LogP contribution in [0, 0.1) is 0 Å². The van der Waals surface area contributed by atoms with Crippen molar-refractivity contribution in [3.63, 3.8) is 0 Å². The van der Waals surface area contributed by atoms with E-state index in [9.17, 15) is 4.79 Å². The van der Waals surface area contributed by atoms with Gasteiger partial charge in [-0.05, 0) is 17.7 Å². The number of amides is 1. The lowest BCUT2D eigenvalue weighted by Crippen LogP contribution is -2.19. The lowest BCUT2D eigenvalue weighted by molar-refractivity contribution is 0.0999. The van der Waals surface area contributed by atoms with Gasteiger partial charge in [-0.3, -0.25) is 4.79 Å². The highest BCUT2D eigenvalue weighted by Crippen LogP contribution is 2.35. The molecule has 0 bridgehead atoms. The Morgan fingerprint density at radius 1 is 1.05 bits per heavy atom. The number of rotatable bonds is 5. The van der Waals surface area contributed by atoms with Crippen molar-refractivity contribution in [2.75, 3.05) is 6.79 Å². The van der Waals surface area contributed by atoms with E-state index in [4.69, 9.17) is 15.2 Å². The molecule has 0 saturated carbocycles. The maximum Gasteiger partial charge on any atom is 0.249 e. The van der Waals surface area contributed by atoms with E-state index in [1.807, 2.05) is 30.3 Å². The molecule has 21 heavy (non-hydrogen) atoms. The Labute approximate surface area is 122 Å². The van der Waals surface area contributed by atoms with Crippen molar-refractivity contribution in [1.82, 2.24) is 5.32 Å². The average molecular weight is 284 g/mol. The smallest absolute Gasteiger partial charge is 0.249 e. The van der Waals surface area contributed by atoms with Crippen molar-refractivity contribution in [1.29, 1.82) is 0 Å². The van der Waals surface area contributed by atoms with Crippen LogP contribution in [0.5, 0.6) is 11.5 Å². The van der Waals surface area contributed by atoms with Gasteiger partial charge >= 0.3 is 0 Å². The Morgan fingerprint density at radius 2 is 1.81 bits per heavy atom. The molecule has 0 fully saturated rings. The third-order valence-electron chi connectivity index (χ3n) is 3.39. The molecule has 0 aliphatic carbocycles. The summed E-state index contributed by atoms with van der Waals surface area (Å²) in [6.45, 7) is 1.44. The second kappa shape index (κ2) is 5.85. The fourth-order valence-electron chi connectivity index (χ4n) is 2.38. The summed E-state index contributed by atoms with van der Waals surface area (Å²) < 4.78 is 10.8. The Kier molecular flexibility index (Phi) is 3.75. The highest BCUT2D eigenvalue weighted by atomic mass is 16.7. The van der Waals surface area contributed by atoms with Crippen molar-refractivity contribution < 1.29 is 14.3 Å². The van der Waals surface area contributed by atoms with Crippen LogP contribution < -0.4 is 20.5 Å². The number of nitrogens with one attached hydrogen (secondary N) is 1. The first-order chi connectivity index (χ1) is 10.3. The number of hydrogen-bond acceptors (Lipinski definition) is 4. The highest BCUT2D eigenvalue weighted by molar-refractivity contribution is 5.94. The van der Waals surface area contributed by atoms with E-state index >= 15 is 0 Å². The first-order valence-electron chi connectivity index (χ1n) is 6.71. The SMILES string of the molecule is NC(=O)c1ccccc1CNCc1cccc2c1OCO2. The molecule has 5 nitrogen and oxygen atoms in total. The van der Waals surface area contributed by atoms with Crippen LogP contribution in [0.3, 0.4) is 0 Å². The summed E-state index contributed by atoms with van der Waals surface area (Å²) in [6, 6.07) is 13.1. The Hall–Kier alpha value is -2.53. The summed E-state index contributed by atoms with van der Waals surface area (Å²) in [4.78, 5) is 11.4. The van der Waals surface area contributed by atoms with Crippen molar-refractivity contribution in [3.8, 4) is 11.5 Å². The number of benzene rings is 2. The second-order valence-corrected chi connectivity index (χ2v) is 4.78. The van der Waals surface area contributed by atoms with E-state index in [0.29, 0.717) is 18.7 Å². The maximum absolute atomic E-state index is 11.4. The van der Waals surface area contributed by atoms with Gasteiger partial charge in [-0.15, -0.1) is 0 Å². The van der Waals surface area contributed by atoms with Crippen molar-refractivity contribution in [3.05, 3.63) is 59.2 Å². The minimum atomic E-state index is -0.412. The van der Waals surface area contributed by atoms with E-state index in [0.717, 1.165) is 22.6 Å². The third-order valence-corrected chi connectivity index (χ3v) is 3.39. The summed E-state index contributed by atoms with van der Waals surface area (Å²) in [6.07, 6.45) is 0. The fraction of sp³-hybridized carbons (Fsp3) is 0.188. The Morgan fingerprint density at radius 3 is 2.67 bits per heavy atom. The molecule has 0 radical (unpaired) electrons. The first kappa shape index (κ1) is 13.5. The number of hydrogen-bond donors (Lipinski definition) is 2. The molecule has 1 aliphatic heterocycles. The van der Waals surface area contributed by atoms with Crippen LogP contribution in [0.1, 0.15) is 21.5 Å². The summed E-state index contributed by atoms with van der Waals surface area (Å²) >= 11 is 0. The van der Waals surface area contributed by atoms with E-state index in [1.165, 1.54) is 0 Å². The van der Waals surface area contributed by atoms with Gasteiger partial charge < -0.3 is 20.5 Å². The van der Waals surface area contributed by atoms with Crippen LogP contribution in [0.15, 0.2) is 42.5 Å². The zero-order valence-electron chi connectivity index (χ0n) is 11.5. The minimum Gasteiger partial charge on any atom is -0.454 e. The molecule has 1 aliphatic rings. The molecule has 2 aromatic carbocycles. The molecule has 3 N–H and O–H groups in total. The van der Waals surface area contributed by atoms with Crippen LogP contribution in [-0.4, -0.2) is 12.7 Å². The van der Waals surface area contributed by atoms with Gasteiger partial charge in [-0.2, -0.15) is 0 Å². The summed E-state index contributed by atoms with van der Waals surface area (Å²) in [5.74, 6) is 1.14. The van der Waals surface area contributed by atoms with Gasteiger partial charge in [-0.25, -0.2) is 0 Å². The molecule has 1 amide bonds. The van der Waals surface area contributed by atoms with Crippen LogP contribution in [0.2, 0.25) is 0 Å². The first-order valence-corrected chi connectivity index (χ1v) is 6.71. The predicted octanol–water partition coefficient (Wildman–Crippen LogP) is 1.80. The topological polar surface area (TPSA) is 73.6 Å². The van der Waals surface area contributed by atoms with Crippen LogP contribution in [-0.2, 0) is 13.1 Å². The number of ether oxygens (including phenoxy) is 2. The average Bonchev–Trinajstić information content (AvgIpc) is 2.97. The number of fused-ring (bicyclic) bond motifs is 1. The van der Waals surface area contributed by atoms with Crippen LogP contribution in [0.25, 0.3) is 0 Å². The van der Waals surface area contributed by atoms with Gasteiger partial charge in [0.05, 0.1) is 0 Å². The molecule has 5 heteroatoms. The summed E-state index contributed by atoms with van der Waals surface area (Å²) in [7, 11) is 0. The standard InChI is InChI=1S/C16H16N2O3/c17-16(19)13-6-2-1-4-11(13)8-18-9-12-5-3-7-14-15(12)21-10-20-14/h1-7,18H,8-10H2,(H2,17,19). The highest BCUT2D eigenvalue weighted by Gasteiger charge is 2.16. The lowest BCUT2D eigenvalue weighted by Gasteiger charge is -2.10. The molecular formula is C16H16N2O3. The number of para-hydroxylation sites is 1. The van der Waals surface area contributed by atoms with E-state index in [1.54, 1.807) is 12.1 Å². The van der Waals surface area contributed by atoms with Crippen LogP contribution in [0.4, 0.5) is 0 Å². The van der Waals surface area contributed by atoms with Gasteiger partial charge in [0.1, 0.15) is 0 Å². The second-order valence-electron chi connectivity index (χ2n) is 4.78. The molecule has 0 atom stereocenters. The molecule has 108 valence electrons. The molecule has 0 unspecified atom stereocenters. The lowest BCUT2D eigenvalue weighted by atomic mass is 10.1. The zero-order valence-corrected chi connectivity index (χ0v) is 11.5. The van der Waals surface area contributed by atoms with Crippen molar-refractivity contribution in [2.45, 2.75) is 13.1 Å². The van der Waals surface area contributed by atoms with Gasteiger partial charge in [0.15, 0.2) is 11.5 Å². The zero-order chi connectivity index (χ0) is 14.7. The van der Waals surface area contributed by atoms with Gasteiger partial charge in [0.2, 0.25) is 12.7 Å². The molecule has 0 saturated heterocycles. The molecule has 0 spiro atoms. The molecule has 0 aromatic heterocycles. The van der Waals surface area contributed by atoms with E-state index < -0.39 is 5.91 Å².